The summed E-state index contributed by atoms with van der Waals surface area (Å²) in [6, 6.07) is 8.21. The van der Waals surface area contributed by atoms with Crippen LogP contribution in [-0.2, 0) is 16.1 Å². The van der Waals surface area contributed by atoms with Gasteiger partial charge in [0.1, 0.15) is 11.8 Å². The minimum absolute atomic E-state index is 0.00740. The molecule has 2 aromatic carbocycles. The predicted octanol–water partition coefficient (Wildman–Crippen LogP) is 4.62. The van der Waals surface area contributed by atoms with Crippen molar-refractivity contribution in [1.82, 2.24) is 10.2 Å². The van der Waals surface area contributed by atoms with Crippen molar-refractivity contribution in [1.29, 1.82) is 0 Å². The Morgan fingerprint density at radius 1 is 1.15 bits per heavy atom. The largest absolute Gasteiger partial charge is 0.490 e. The fourth-order valence-electron chi connectivity index (χ4n) is 3.25. The number of ether oxygens (including phenoxy) is 2. The number of amides is 2. The zero-order valence-electron chi connectivity index (χ0n) is 19.2. The Balaban J connectivity index is 2.26. The quantitative estimate of drug-likeness (QED) is 0.328. The van der Waals surface area contributed by atoms with Crippen LogP contribution >= 0.6 is 23.2 Å². The summed E-state index contributed by atoms with van der Waals surface area (Å²) in [6.07, 6.45) is 1.14. The highest BCUT2D eigenvalue weighted by Gasteiger charge is 2.29. The van der Waals surface area contributed by atoms with Gasteiger partial charge >= 0.3 is 5.69 Å². The minimum Gasteiger partial charge on any atom is -0.490 e. The summed E-state index contributed by atoms with van der Waals surface area (Å²) in [5, 5.41) is 14.6. The van der Waals surface area contributed by atoms with Crippen LogP contribution in [0.2, 0.25) is 10.0 Å². The van der Waals surface area contributed by atoms with Gasteiger partial charge in [0.05, 0.1) is 22.1 Å². The summed E-state index contributed by atoms with van der Waals surface area (Å²) >= 11 is 12.1. The third-order valence-corrected chi connectivity index (χ3v) is 5.72. The number of nitrogens with zero attached hydrogens (tertiary/aromatic N) is 2. The lowest BCUT2D eigenvalue weighted by molar-refractivity contribution is -0.385. The van der Waals surface area contributed by atoms with Gasteiger partial charge in [0.25, 0.3) is 5.91 Å². The molecular formula is C23H27Cl2N3O6. The molecule has 184 valence electrons. The second-order valence-corrected chi connectivity index (χ2v) is 8.18. The van der Waals surface area contributed by atoms with E-state index < -0.39 is 16.9 Å². The lowest BCUT2D eigenvalue weighted by atomic mass is 10.1. The number of benzene rings is 2. The molecular weight excluding hydrogens is 485 g/mol. The van der Waals surface area contributed by atoms with Crippen LogP contribution in [0.5, 0.6) is 11.5 Å². The van der Waals surface area contributed by atoms with E-state index in [-0.39, 0.29) is 36.2 Å². The Hall–Kier alpha value is -3.04. The molecule has 0 unspecified atom stereocenters. The van der Waals surface area contributed by atoms with Crippen LogP contribution in [0.3, 0.4) is 0 Å². The second kappa shape index (κ2) is 13.0. The lowest BCUT2D eigenvalue weighted by Gasteiger charge is -2.30. The standard InChI is InChI=1S/C23H27Cl2N3O6/c1-4-10-26-23(30)19(5-2)27(13-15-6-8-17(24)18(25)11-15)22(29)14-34-16-7-9-20(28(31)32)21(12-16)33-3/h6-9,11-12,19H,4-5,10,13-14H2,1-3H3,(H,26,30)/t19-/m0/s1. The van der Waals surface area contributed by atoms with Crippen LogP contribution in [0, 0.1) is 10.1 Å². The molecule has 0 radical (unpaired) electrons. The third kappa shape index (κ3) is 7.23. The number of carbonyl (C=O) groups is 2. The zero-order chi connectivity index (χ0) is 25.3. The van der Waals surface area contributed by atoms with Crippen molar-refractivity contribution in [2.75, 3.05) is 20.3 Å². The molecule has 2 rings (SSSR count). The number of nitro benzene ring substituents is 1. The van der Waals surface area contributed by atoms with Crippen molar-refractivity contribution in [3.8, 4) is 11.5 Å². The molecule has 0 fully saturated rings. The number of methoxy groups -OCH3 is 1. The maximum absolute atomic E-state index is 13.2. The Kier molecular flexibility index (Phi) is 10.4. The Morgan fingerprint density at radius 3 is 2.47 bits per heavy atom. The molecule has 0 aliphatic carbocycles. The normalized spacial score (nSPS) is 11.4. The highest BCUT2D eigenvalue weighted by Crippen LogP contribution is 2.31. The molecule has 2 aromatic rings. The van der Waals surface area contributed by atoms with E-state index in [2.05, 4.69) is 5.32 Å². The van der Waals surface area contributed by atoms with Gasteiger partial charge in [-0.3, -0.25) is 19.7 Å². The van der Waals surface area contributed by atoms with E-state index >= 15 is 0 Å². The molecule has 0 spiro atoms. The van der Waals surface area contributed by atoms with Crippen molar-refractivity contribution in [2.45, 2.75) is 39.3 Å². The molecule has 9 nitrogen and oxygen atoms in total. The maximum Gasteiger partial charge on any atom is 0.311 e. The number of rotatable bonds is 12. The van der Waals surface area contributed by atoms with Gasteiger partial charge in [-0.25, -0.2) is 0 Å². The Morgan fingerprint density at radius 2 is 1.88 bits per heavy atom. The van der Waals surface area contributed by atoms with E-state index in [9.17, 15) is 19.7 Å². The van der Waals surface area contributed by atoms with Crippen LogP contribution < -0.4 is 14.8 Å². The summed E-state index contributed by atoms with van der Waals surface area (Å²) < 4.78 is 10.6. The third-order valence-electron chi connectivity index (χ3n) is 4.98. The summed E-state index contributed by atoms with van der Waals surface area (Å²) in [5.74, 6) is -0.488. The van der Waals surface area contributed by atoms with E-state index in [1.165, 1.54) is 30.2 Å². The molecule has 1 atom stereocenters. The van der Waals surface area contributed by atoms with Crippen molar-refractivity contribution in [3.63, 3.8) is 0 Å². The lowest BCUT2D eigenvalue weighted by Crippen LogP contribution is -2.50. The van der Waals surface area contributed by atoms with E-state index in [0.29, 0.717) is 28.6 Å². The number of nitrogens with one attached hydrogen (secondary N) is 1. The fraction of sp³-hybridized carbons (Fsp3) is 0.391. The average Bonchev–Trinajstić information content (AvgIpc) is 2.82. The summed E-state index contributed by atoms with van der Waals surface area (Å²) in [5.41, 5.74) is 0.475. The van der Waals surface area contributed by atoms with Crippen LogP contribution in [0.4, 0.5) is 5.69 Å². The molecule has 0 aliphatic heterocycles. The van der Waals surface area contributed by atoms with E-state index in [4.69, 9.17) is 32.7 Å². The Labute approximate surface area is 208 Å². The summed E-state index contributed by atoms with van der Waals surface area (Å²) in [7, 11) is 1.30. The van der Waals surface area contributed by atoms with Crippen LogP contribution in [-0.4, -0.2) is 47.9 Å². The van der Waals surface area contributed by atoms with Crippen molar-refractivity contribution in [3.05, 3.63) is 62.1 Å². The van der Waals surface area contributed by atoms with Gasteiger partial charge in [0.2, 0.25) is 11.7 Å². The molecule has 0 aromatic heterocycles. The molecule has 0 aliphatic rings. The van der Waals surface area contributed by atoms with Crippen LogP contribution in [0.25, 0.3) is 0 Å². The first-order valence-corrected chi connectivity index (χ1v) is 11.4. The molecule has 0 heterocycles. The van der Waals surface area contributed by atoms with Crippen molar-refractivity contribution < 1.29 is 24.0 Å². The molecule has 0 saturated heterocycles. The monoisotopic (exact) mass is 511 g/mol. The first-order valence-electron chi connectivity index (χ1n) is 10.7. The van der Waals surface area contributed by atoms with Crippen molar-refractivity contribution >= 4 is 40.7 Å². The number of hydrogen-bond acceptors (Lipinski definition) is 6. The topological polar surface area (TPSA) is 111 Å². The Bertz CT molecular complexity index is 1030. The number of halogens is 2. The van der Waals surface area contributed by atoms with Crippen LogP contribution in [0.1, 0.15) is 32.3 Å². The molecule has 2 amide bonds. The smallest absolute Gasteiger partial charge is 0.311 e. The molecule has 0 saturated carbocycles. The molecule has 0 bridgehead atoms. The highest BCUT2D eigenvalue weighted by atomic mass is 35.5. The van der Waals surface area contributed by atoms with Gasteiger partial charge in [-0.2, -0.15) is 0 Å². The molecule has 1 N–H and O–H groups in total. The zero-order valence-corrected chi connectivity index (χ0v) is 20.7. The van der Waals surface area contributed by atoms with E-state index in [0.717, 1.165) is 6.42 Å². The number of carbonyl (C=O) groups excluding carboxylic acids is 2. The number of nitro groups is 1. The summed E-state index contributed by atoms with van der Waals surface area (Å²) in [6.45, 7) is 3.96. The first-order chi connectivity index (χ1) is 16.2. The van der Waals surface area contributed by atoms with Crippen LogP contribution in [0.15, 0.2) is 36.4 Å². The van der Waals surface area contributed by atoms with E-state index in [1.807, 2.05) is 13.8 Å². The minimum atomic E-state index is -0.733. The highest BCUT2D eigenvalue weighted by molar-refractivity contribution is 6.42. The first kappa shape index (κ1) is 27.2. The maximum atomic E-state index is 13.2. The fourth-order valence-corrected chi connectivity index (χ4v) is 3.57. The molecule has 11 heteroatoms. The summed E-state index contributed by atoms with van der Waals surface area (Å²) in [4.78, 5) is 37.9. The van der Waals surface area contributed by atoms with E-state index in [1.54, 1.807) is 18.2 Å². The average molecular weight is 512 g/mol. The van der Waals surface area contributed by atoms with Gasteiger partial charge in [-0.15, -0.1) is 0 Å². The van der Waals surface area contributed by atoms with Crippen molar-refractivity contribution in [2.24, 2.45) is 0 Å². The van der Waals surface area contributed by atoms with Gasteiger partial charge in [0.15, 0.2) is 6.61 Å². The number of hydrogen-bond donors (Lipinski definition) is 1. The van der Waals surface area contributed by atoms with Gasteiger partial charge < -0.3 is 19.7 Å². The predicted molar refractivity (Wildman–Crippen MR) is 130 cm³/mol. The van der Waals surface area contributed by atoms with Gasteiger partial charge in [-0.1, -0.05) is 43.1 Å². The molecule has 34 heavy (non-hydrogen) atoms. The van der Waals surface area contributed by atoms with Gasteiger partial charge in [0, 0.05) is 25.2 Å². The van der Waals surface area contributed by atoms with Gasteiger partial charge in [-0.05, 0) is 36.6 Å². The SMILES string of the molecule is CCCNC(=O)[C@H](CC)N(Cc1ccc(Cl)c(Cl)c1)C(=O)COc1ccc([N+](=O)[O-])c(OC)c1. The second-order valence-electron chi connectivity index (χ2n) is 7.36.